The predicted octanol–water partition coefficient (Wildman–Crippen LogP) is 2.40. The third-order valence-electron chi connectivity index (χ3n) is 3.69. The van der Waals surface area contributed by atoms with E-state index in [1.807, 2.05) is 26.8 Å². The number of sulfonamides is 1. The topological polar surface area (TPSA) is 37.4 Å². The molecule has 4 heteroatoms. The first kappa shape index (κ1) is 12.6. The van der Waals surface area contributed by atoms with Crippen LogP contribution in [-0.4, -0.2) is 25.8 Å². The number of rotatable bonds is 2. The summed E-state index contributed by atoms with van der Waals surface area (Å²) in [4.78, 5) is 0.475. The van der Waals surface area contributed by atoms with Gasteiger partial charge in [-0.3, -0.25) is 0 Å². The molecule has 3 nitrogen and oxygen atoms in total. The minimum atomic E-state index is -3.28. The van der Waals surface area contributed by atoms with Crippen LogP contribution in [0.15, 0.2) is 17.0 Å². The van der Waals surface area contributed by atoms with Crippen molar-refractivity contribution in [3.63, 3.8) is 0 Å². The van der Waals surface area contributed by atoms with Gasteiger partial charge in [0, 0.05) is 13.1 Å². The molecule has 0 aliphatic carbocycles. The van der Waals surface area contributed by atoms with Gasteiger partial charge in [0.1, 0.15) is 0 Å². The summed E-state index contributed by atoms with van der Waals surface area (Å²) >= 11 is 0. The van der Waals surface area contributed by atoms with Crippen molar-refractivity contribution in [2.24, 2.45) is 0 Å². The summed E-state index contributed by atoms with van der Waals surface area (Å²) in [6, 6.07) is 3.64. The number of hydrogen-bond donors (Lipinski definition) is 0. The maximum absolute atomic E-state index is 12.4. The minimum Gasteiger partial charge on any atom is -0.207 e. The number of aryl methyl sites for hydroxylation is 1. The highest BCUT2D eigenvalue weighted by Gasteiger charge is 2.28. The fourth-order valence-corrected chi connectivity index (χ4v) is 4.08. The van der Waals surface area contributed by atoms with Crippen LogP contribution in [0, 0.1) is 20.8 Å². The van der Waals surface area contributed by atoms with Crippen molar-refractivity contribution in [3.8, 4) is 0 Å². The van der Waals surface area contributed by atoms with Gasteiger partial charge in [-0.1, -0.05) is 6.07 Å². The molecule has 0 spiro atoms. The molecular weight excluding hydrogens is 234 g/mol. The Morgan fingerprint density at radius 2 is 1.59 bits per heavy atom. The summed E-state index contributed by atoms with van der Waals surface area (Å²) in [7, 11) is -3.28. The molecular formula is C13H19NO2S. The lowest BCUT2D eigenvalue weighted by Crippen LogP contribution is -2.28. The largest absolute Gasteiger partial charge is 0.243 e. The normalized spacial score (nSPS) is 17.6. The van der Waals surface area contributed by atoms with E-state index >= 15 is 0 Å². The van der Waals surface area contributed by atoms with Crippen LogP contribution in [0.5, 0.6) is 0 Å². The minimum absolute atomic E-state index is 0.475. The van der Waals surface area contributed by atoms with E-state index in [2.05, 4.69) is 0 Å². The second-order valence-electron chi connectivity index (χ2n) is 4.74. The van der Waals surface area contributed by atoms with Gasteiger partial charge >= 0.3 is 0 Å². The Hall–Kier alpha value is -0.870. The summed E-state index contributed by atoms with van der Waals surface area (Å²) in [6.07, 6.45) is 1.95. The molecule has 1 heterocycles. The predicted molar refractivity (Wildman–Crippen MR) is 68.6 cm³/mol. The zero-order valence-corrected chi connectivity index (χ0v) is 11.5. The van der Waals surface area contributed by atoms with Crippen molar-refractivity contribution in [3.05, 3.63) is 28.8 Å². The monoisotopic (exact) mass is 253 g/mol. The van der Waals surface area contributed by atoms with Crippen molar-refractivity contribution in [2.45, 2.75) is 38.5 Å². The zero-order valence-electron chi connectivity index (χ0n) is 10.7. The maximum Gasteiger partial charge on any atom is 0.243 e. The molecule has 1 aromatic carbocycles. The molecule has 1 aromatic rings. The zero-order chi connectivity index (χ0) is 12.6. The first-order chi connectivity index (χ1) is 7.94. The summed E-state index contributed by atoms with van der Waals surface area (Å²) in [5.41, 5.74) is 3.10. The van der Waals surface area contributed by atoms with Crippen LogP contribution in [0.1, 0.15) is 29.5 Å². The van der Waals surface area contributed by atoms with Crippen LogP contribution in [-0.2, 0) is 10.0 Å². The number of benzene rings is 1. The molecule has 94 valence electrons. The quantitative estimate of drug-likeness (QED) is 0.811. The molecule has 0 aromatic heterocycles. The lowest BCUT2D eigenvalue weighted by Gasteiger charge is -2.18. The van der Waals surface area contributed by atoms with Gasteiger partial charge in [-0.15, -0.1) is 0 Å². The van der Waals surface area contributed by atoms with E-state index in [-0.39, 0.29) is 0 Å². The molecule has 1 fully saturated rings. The second-order valence-corrected chi connectivity index (χ2v) is 6.65. The highest BCUT2D eigenvalue weighted by Crippen LogP contribution is 2.26. The van der Waals surface area contributed by atoms with Crippen LogP contribution >= 0.6 is 0 Å². The fraction of sp³-hybridized carbons (Fsp3) is 0.538. The summed E-state index contributed by atoms with van der Waals surface area (Å²) in [6.45, 7) is 7.21. The molecule has 0 bridgehead atoms. The molecule has 0 unspecified atom stereocenters. The summed E-state index contributed by atoms with van der Waals surface area (Å²) in [5.74, 6) is 0. The van der Waals surface area contributed by atoms with Crippen molar-refractivity contribution in [2.75, 3.05) is 13.1 Å². The van der Waals surface area contributed by atoms with Crippen LogP contribution in [0.3, 0.4) is 0 Å². The van der Waals surface area contributed by atoms with E-state index in [1.165, 1.54) is 0 Å². The molecule has 2 rings (SSSR count). The lowest BCUT2D eigenvalue weighted by atomic mass is 10.1. The molecule has 17 heavy (non-hydrogen) atoms. The van der Waals surface area contributed by atoms with Crippen molar-refractivity contribution < 1.29 is 8.42 Å². The van der Waals surface area contributed by atoms with Gasteiger partial charge in [-0.05, 0) is 56.4 Å². The van der Waals surface area contributed by atoms with E-state index in [1.54, 1.807) is 10.4 Å². The molecule has 1 aliphatic heterocycles. The Morgan fingerprint density at radius 1 is 1.00 bits per heavy atom. The molecule has 0 amide bonds. The summed E-state index contributed by atoms with van der Waals surface area (Å²) < 4.78 is 26.5. The van der Waals surface area contributed by atoms with Gasteiger partial charge < -0.3 is 0 Å². The average molecular weight is 253 g/mol. The van der Waals surface area contributed by atoms with Gasteiger partial charge in [0.15, 0.2) is 0 Å². The highest BCUT2D eigenvalue weighted by molar-refractivity contribution is 7.89. The standard InChI is InChI=1S/C13H19NO2S/c1-10-6-7-13(12(3)11(10)2)17(15,16)14-8-4-5-9-14/h6-7H,4-5,8-9H2,1-3H3. The Morgan fingerprint density at radius 3 is 2.18 bits per heavy atom. The third-order valence-corrected chi connectivity index (χ3v) is 5.73. The van der Waals surface area contributed by atoms with Gasteiger partial charge in [-0.25, -0.2) is 8.42 Å². The van der Waals surface area contributed by atoms with E-state index in [0.29, 0.717) is 18.0 Å². The third kappa shape index (κ3) is 2.11. The van der Waals surface area contributed by atoms with Crippen LogP contribution < -0.4 is 0 Å². The molecule has 0 saturated carbocycles. The lowest BCUT2D eigenvalue weighted by molar-refractivity contribution is 0.477. The Labute approximate surface area is 104 Å². The summed E-state index contributed by atoms with van der Waals surface area (Å²) in [5, 5.41) is 0. The van der Waals surface area contributed by atoms with Gasteiger partial charge in [0.05, 0.1) is 4.90 Å². The van der Waals surface area contributed by atoms with Crippen LogP contribution in [0.4, 0.5) is 0 Å². The van der Waals surface area contributed by atoms with Crippen molar-refractivity contribution in [1.29, 1.82) is 0 Å². The first-order valence-electron chi connectivity index (χ1n) is 6.01. The number of nitrogens with zero attached hydrogens (tertiary/aromatic N) is 1. The molecule has 0 N–H and O–H groups in total. The van der Waals surface area contributed by atoms with Crippen molar-refractivity contribution in [1.82, 2.24) is 4.31 Å². The van der Waals surface area contributed by atoms with Crippen LogP contribution in [0.25, 0.3) is 0 Å². The smallest absolute Gasteiger partial charge is 0.207 e. The SMILES string of the molecule is Cc1ccc(S(=O)(=O)N2CCCC2)c(C)c1C. The van der Waals surface area contributed by atoms with Gasteiger partial charge in [-0.2, -0.15) is 4.31 Å². The van der Waals surface area contributed by atoms with Crippen molar-refractivity contribution >= 4 is 10.0 Å². The Kier molecular flexibility index (Phi) is 3.27. The molecule has 1 saturated heterocycles. The average Bonchev–Trinajstić information content (AvgIpc) is 2.79. The van der Waals surface area contributed by atoms with E-state index in [9.17, 15) is 8.42 Å². The maximum atomic E-state index is 12.4. The molecule has 0 atom stereocenters. The van der Waals surface area contributed by atoms with E-state index in [4.69, 9.17) is 0 Å². The van der Waals surface area contributed by atoms with Gasteiger partial charge in [0.25, 0.3) is 0 Å². The van der Waals surface area contributed by atoms with Gasteiger partial charge in [0.2, 0.25) is 10.0 Å². The second kappa shape index (κ2) is 4.42. The number of hydrogen-bond acceptors (Lipinski definition) is 2. The Bertz CT molecular complexity index is 529. The van der Waals surface area contributed by atoms with Crippen LogP contribution in [0.2, 0.25) is 0 Å². The fourth-order valence-electron chi connectivity index (χ4n) is 2.28. The molecule has 0 radical (unpaired) electrons. The Balaban J connectivity index is 2.50. The molecule has 1 aliphatic rings. The first-order valence-corrected chi connectivity index (χ1v) is 7.45. The van der Waals surface area contributed by atoms with E-state index in [0.717, 1.165) is 29.5 Å². The van der Waals surface area contributed by atoms with E-state index < -0.39 is 10.0 Å². The highest BCUT2D eigenvalue weighted by atomic mass is 32.2.